The number of nitrogens with one attached hydrogen (secondary N) is 2. The van der Waals surface area contributed by atoms with Crippen LogP contribution >= 0.6 is 11.6 Å². The van der Waals surface area contributed by atoms with Gasteiger partial charge in [0.1, 0.15) is 5.69 Å². The van der Waals surface area contributed by atoms with E-state index >= 15 is 0 Å². The molecule has 0 spiro atoms. The summed E-state index contributed by atoms with van der Waals surface area (Å²) in [5, 5.41) is 6.80. The maximum atomic E-state index is 12.4. The van der Waals surface area contributed by atoms with Crippen LogP contribution in [0.3, 0.4) is 0 Å². The Morgan fingerprint density at radius 2 is 1.68 bits per heavy atom. The third kappa shape index (κ3) is 6.06. The highest BCUT2D eigenvalue weighted by molar-refractivity contribution is 6.30. The van der Waals surface area contributed by atoms with E-state index in [0.29, 0.717) is 36.2 Å². The first-order valence-electron chi connectivity index (χ1n) is 9.26. The molecule has 0 bridgehead atoms. The second kappa shape index (κ2) is 9.85. The van der Waals surface area contributed by atoms with E-state index in [1.165, 1.54) is 5.56 Å². The van der Waals surface area contributed by atoms with E-state index in [2.05, 4.69) is 32.7 Å². The number of carbonyl (C=O) groups is 1. The van der Waals surface area contributed by atoms with Crippen molar-refractivity contribution in [2.45, 2.75) is 19.8 Å². The zero-order chi connectivity index (χ0) is 19.8. The number of carbonyl (C=O) groups excluding carboxylic acids is 1. The summed E-state index contributed by atoms with van der Waals surface area (Å²) >= 11 is 5.99. The van der Waals surface area contributed by atoms with Crippen molar-refractivity contribution in [2.75, 3.05) is 18.4 Å². The molecule has 1 heterocycles. The lowest BCUT2D eigenvalue weighted by atomic mass is 10.1. The van der Waals surface area contributed by atoms with Crippen LogP contribution < -0.4 is 10.6 Å². The molecule has 0 atom stereocenters. The summed E-state index contributed by atoms with van der Waals surface area (Å²) in [6.45, 7) is 3.06. The quantitative estimate of drug-likeness (QED) is 0.604. The summed E-state index contributed by atoms with van der Waals surface area (Å²) in [5.41, 5.74) is 3.43. The number of hydrogen-bond donors (Lipinski definition) is 2. The average molecular weight is 395 g/mol. The SMILES string of the molecule is Cc1cc(C(=O)NCCc2cccc(Cl)c2)nc(NCCc2ccccc2)n1. The first-order chi connectivity index (χ1) is 13.6. The van der Waals surface area contributed by atoms with Gasteiger partial charge in [0.25, 0.3) is 5.91 Å². The Balaban J connectivity index is 1.53. The van der Waals surface area contributed by atoms with E-state index in [4.69, 9.17) is 11.6 Å². The molecule has 0 aliphatic heterocycles. The van der Waals surface area contributed by atoms with E-state index in [1.807, 2.05) is 49.4 Å². The van der Waals surface area contributed by atoms with Gasteiger partial charge in [-0.2, -0.15) is 0 Å². The topological polar surface area (TPSA) is 66.9 Å². The van der Waals surface area contributed by atoms with Crippen molar-refractivity contribution in [3.8, 4) is 0 Å². The van der Waals surface area contributed by atoms with Crippen molar-refractivity contribution in [1.82, 2.24) is 15.3 Å². The summed E-state index contributed by atoms with van der Waals surface area (Å²) in [4.78, 5) is 21.2. The van der Waals surface area contributed by atoms with Crippen LogP contribution in [0.4, 0.5) is 5.95 Å². The summed E-state index contributed by atoms with van der Waals surface area (Å²) in [7, 11) is 0. The van der Waals surface area contributed by atoms with Gasteiger partial charge in [0.15, 0.2) is 0 Å². The van der Waals surface area contributed by atoms with Crippen LogP contribution in [0.2, 0.25) is 5.02 Å². The molecule has 144 valence electrons. The molecular formula is C22H23ClN4O. The highest BCUT2D eigenvalue weighted by Gasteiger charge is 2.10. The Bertz CT molecular complexity index is 931. The number of halogens is 1. The largest absolute Gasteiger partial charge is 0.354 e. The zero-order valence-corrected chi connectivity index (χ0v) is 16.5. The van der Waals surface area contributed by atoms with Gasteiger partial charge in [0.05, 0.1) is 0 Å². The van der Waals surface area contributed by atoms with Crippen LogP contribution in [0, 0.1) is 6.92 Å². The number of aryl methyl sites for hydroxylation is 1. The lowest BCUT2D eigenvalue weighted by molar-refractivity contribution is 0.0949. The fraction of sp³-hybridized carbons (Fsp3) is 0.227. The Morgan fingerprint density at radius 3 is 2.46 bits per heavy atom. The van der Waals surface area contributed by atoms with E-state index < -0.39 is 0 Å². The minimum absolute atomic E-state index is 0.210. The van der Waals surface area contributed by atoms with Crippen LogP contribution in [-0.2, 0) is 12.8 Å². The van der Waals surface area contributed by atoms with Crippen LogP contribution in [0.1, 0.15) is 27.3 Å². The number of aromatic nitrogens is 2. The molecule has 5 nitrogen and oxygen atoms in total. The van der Waals surface area contributed by atoms with Crippen LogP contribution in [-0.4, -0.2) is 29.0 Å². The molecule has 6 heteroatoms. The monoisotopic (exact) mass is 394 g/mol. The Kier molecular flexibility index (Phi) is 6.98. The standard InChI is InChI=1S/C22H23ClN4O/c1-16-14-20(21(28)24-12-11-18-8-5-9-19(23)15-18)27-22(26-16)25-13-10-17-6-3-2-4-7-17/h2-9,14-15H,10-13H2,1H3,(H,24,28)(H,25,26,27). The molecular weight excluding hydrogens is 372 g/mol. The van der Waals surface area contributed by atoms with Gasteiger partial charge in [-0.25, -0.2) is 9.97 Å². The first kappa shape index (κ1) is 19.8. The van der Waals surface area contributed by atoms with E-state index in [1.54, 1.807) is 6.07 Å². The maximum absolute atomic E-state index is 12.4. The highest BCUT2D eigenvalue weighted by Crippen LogP contribution is 2.11. The van der Waals surface area contributed by atoms with E-state index in [9.17, 15) is 4.79 Å². The molecule has 2 aromatic carbocycles. The number of anilines is 1. The molecule has 3 aromatic rings. The molecule has 0 fully saturated rings. The van der Waals surface area contributed by atoms with Gasteiger partial charge in [-0.3, -0.25) is 4.79 Å². The predicted molar refractivity (Wildman–Crippen MR) is 113 cm³/mol. The van der Waals surface area contributed by atoms with Crippen molar-refractivity contribution in [3.05, 3.63) is 88.2 Å². The third-order valence-corrected chi connectivity index (χ3v) is 4.45. The van der Waals surface area contributed by atoms with Gasteiger partial charge in [0.2, 0.25) is 5.95 Å². The third-order valence-electron chi connectivity index (χ3n) is 4.21. The first-order valence-corrected chi connectivity index (χ1v) is 9.64. The number of rotatable bonds is 8. The van der Waals surface area contributed by atoms with Gasteiger partial charge < -0.3 is 10.6 Å². The van der Waals surface area contributed by atoms with Gasteiger partial charge in [-0.1, -0.05) is 54.1 Å². The molecule has 2 N–H and O–H groups in total. The predicted octanol–water partition coefficient (Wildman–Crippen LogP) is 4.07. The second-order valence-corrected chi connectivity index (χ2v) is 6.95. The summed E-state index contributed by atoms with van der Waals surface area (Å²) < 4.78 is 0. The van der Waals surface area contributed by atoms with Gasteiger partial charge in [-0.15, -0.1) is 0 Å². The van der Waals surface area contributed by atoms with Crippen LogP contribution in [0.15, 0.2) is 60.7 Å². The molecule has 0 aliphatic carbocycles. The minimum atomic E-state index is -0.210. The number of nitrogens with zero attached hydrogens (tertiary/aromatic N) is 2. The van der Waals surface area contributed by atoms with E-state index in [0.717, 1.165) is 17.7 Å². The van der Waals surface area contributed by atoms with Crippen molar-refractivity contribution in [3.63, 3.8) is 0 Å². The molecule has 1 amide bonds. The van der Waals surface area contributed by atoms with Crippen molar-refractivity contribution >= 4 is 23.5 Å². The smallest absolute Gasteiger partial charge is 0.270 e. The zero-order valence-electron chi connectivity index (χ0n) is 15.8. The number of amides is 1. The highest BCUT2D eigenvalue weighted by atomic mass is 35.5. The molecule has 1 aromatic heterocycles. The summed E-state index contributed by atoms with van der Waals surface area (Å²) in [6.07, 6.45) is 1.57. The van der Waals surface area contributed by atoms with Gasteiger partial charge >= 0.3 is 0 Å². The minimum Gasteiger partial charge on any atom is -0.354 e. The van der Waals surface area contributed by atoms with Gasteiger partial charge in [-0.05, 0) is 49.1 Å². The fourth-order valence-corrected chi connectivity index (χ4v) is 3.04. The fourth-order valence-electron chi connectivity index (χ4n) is 2.83. The lowest BCUT2D eigenvalue weighted by Crippen LogP contribution is -2.27. The number of benzene rings is 2. The van der Waals surface area contributed by atoms with Crippen LogP contribution in [0.25, 0.3) is 0 Å². The van der Waals surface area contributed by atoms with Crippen molar-refractivity contribution in [1.29, 1.82) is 0 Å². The summed E-state index contributed by atoms with van der Waals surface area (Å²) in [6, 6.07) is 19.5. The lowest BCUT2D eigenvalue weighted by Gasteiger charge is -2.09. The molecule has 28 heavy (non-hydrogen) atoms. The molecule has 0 saturated heterocycles. The molecule has 0 radical (unpaired) electrons. The Hall–Kier alpha value is -2.92. The van der Waals surface area contributed by atoms with Crippen molar-refractivity contribution in [2.24, 2.45) is 0 Å². The van der Waals surface area contributed by atoms with E-state index in [-0.39, 0.29) is 5.91 Å². The molecule has 3 rings (SSSR count). The normalized spacial score (nSPS) is 10.5. The van der Waals surface area contributed by atoms with Crippen molar-refractivity contribution < 1.29 is 4.79 Å². The molecule has 0 unspecified atom stereocenters. The van der Waals surface area contributed by atoms with Gasteiger partial charge in [0, 0.05) is 23.8 Å². The molecule has 0 saturated carbocycles. The Morgan fingerprint density at radius 1 is 0.929 bits per heavy atom. The molecule has 0 aliphatic rings. The van der Waals surface area contributed by atoms with Crippen LogP contribution in [0.5, 0.6) is 0 Å². The maximum Gasteiger partial charge on any atom is 0.270 e. The second-order valence-electron chi connectivity index (χ2n) is 6.52. The Labute approximate surface area is 170 Å². The number of hydrogen-bond acceptors (Lipinski definition) is 4. The summed E-state index contributed by atoms with van der Waals surface area (Å²) in [5.74, 6) is 0.259. The average Bonchev–Trinajstić information content (AvgIpc) is 2.68.